The highest BCUT2D eigenvalue weighted by molar-refractivity contribution is 5.86. The third kappa shape index (κ3) is 3.96. The zero-order valence-electron chi connectivity index (χ0n) is 13.3. The Morgan fingerprint density at radius 3 is 2.52 bits per heavy atom. The number of methoxy groups -OCH3 is 1. The predicted molar refractivity (Wildman–Crippen MR) is 80.8 cm³/mol. The molecule has 0 aromatic carbocycles. The predicted octanol–water partition coefficient (Wildman–Crippen LogP) is 1.52. The molecule has 2 aliphatic rings. The molecule has 1 saturated heterocycles. The molecule has 1 amide bonds. The Morgan fingerprint density at radius 2 is 1.81 bits per heavy atom. The average Bonchev–Trinajstić information content (AvgIpc) is 2.87. The van der Waals surface area contributed by atoms with Crippen molar-refractivity contribution < 1.29 is 14.3 Å². The van der Waals surface area contributed by atoms with E-state index in [1.54, 1.807) is 0 Å². The van der Waals surface area contributed by atoms with E-state index in [9.17, 15) is 9.59 Å². The standard InChI is InChI=1S/C16H28N2O3/c1-3-8-17-9-5-10-18(12-11-17)15(19)13-6-4-7-14(13)16(20)21-2/h13-14H,3-12H2,1-2H3/t13-,14-/m1/s1. The summed E-state index contributed by atoms with van der Waals surface area (Å²) in [5.74, 6) is -0.429. The Hall–Kier alpha value is -1.10. The molecule has 2 fully saturated rings. The van der Waals surface area contributed by atoms with E-state index in [4.69, 9.17) is 4.74 Å². The highest BCUT2D eigenvalue weighted by Crippen LogP contribution is 2.34. The van der Waals surface area contributed by atoms with Crippen LogP contribution in [0.25, 0.3) is 0 Å². The molecule has 120 valence electrons. The molecule has 0 radical (unpaired) electrons. The molecule has 0 aromatic heterocycles. The summed E-state index contributed by atoms with van der Waals surface area (Å²) in [6.07, 6.45) is 4.75. The van der Waals surface area contributed by atoms with Gasteiger partial charge in [-0.15, -0.1) is 0 Å². The van der Waals surface area contributed by atoms with Gasteiger partial charge in [-0.25, -0.2) is 0 Å². The van der Waals surface area contributed by atoms with Gasteiger partial charge in [0, 0.05) is 19.6 Å². The summed E-state index contributed by atoms with van der Waals surface area (Å²) >= 11 is 0. The molecule has 1 saturated carbocycles. The normalized spacial score (nSPS) is 27.4. The quantitative estimate of drug-likeness (QED) is 0.738. The zero-order valence-corrected chi connectivity index (χ0v) is 13.3. The first-order valence-electron chi connectivity index (χ1n) is 8.26. The van der Waals surface area contributed by atoms with Gasteiger partial charge < -0.3 is 14.5 Å². The summed E-state index contributed by atoms with van der Waals surface area (Å²) in [4.78, 5) is 29.0. The largest absolute Gasteiger partial charge is 0.469 e. The molecule has 1 aliphatic carbocycles. The van der Waals surface area contributed by atoms with Gasteiger partial charge in [-0.05, 0) is 38.8 Å². The van der Waals surface area contributed by atoms with Gasteiger partial charge in [0.15, 0.2) is 0 Å². The highest BCUT2D eigenvalue weighted by atomic mass is 16.5. The molecular formula is C16H28N2O3. The van der Waals surface area contributed by atoms with E-state index in [0.29, 0.717) is 0 Å². The van der Waals surface area contributed by atoms with Gasteiger partial charge in [0.2, 0.25) is 5.91 Å². The van der Waals surface area contributed by atoms with Crippen molar-refractivity contribution in [2.75, 3.05) is 39.8 Å². The van der Waals surface area contributed by atoms with E-state index in [-0.39, 0.29) is 23.7 Å². The molecule has 2 rings (SSSR count). The van der Waals surface area contributed by atoms with Crippen LogP contribution in [0.2, 0.25) is 0 Å². The lowest BCUT2D eigenvalue weighted by atomic mass is 9.94. The number of ether oxygens (including phenoxy) is 1. The van der Waals surface area contributed by atoms with E-state index in [1.807, 2.05) is 4.90 Å². The van der Waals surface area contributed by atoms with Crippen molar-refractivity contribution in [3.63, 3.8) is 0 Å². The van der Waals surface area contributed by atoms with Gasteiger partial charge in [-0.1, -0.05) is 13.3 Å². The molecule has 21 heavy (non-hydrogen) atoms. The second-order valence-electron chi connectivity index (χ2n) is 6.19. The Bertz CT molecular complexity index is 373. The maximum atomic E-state index is 12.7. The number of esters is 1. The number of rotatable bonds is 4. The fraction of sp³-hybridized carbons (Fsp3) is 0.875. The molecule has 0 aromatic rings. The van der Waals surface area contributed by atoms with Gasteiger partial charge in [0.25, 0.3) is 0 Å². The van der Waals surface area contributed by atoms with Gasteiger partial charge in [-0.3, -0.25) is 9.59 Å². The van der Waals surface area contributed by atoms with Crippen LogP contribution in [0.3, 0.4) is 0 Å². The first kappa shape index (κ1) is 16.3. The maximum absolute atomic E-state index is 12.7. The summed E-state index contributed by atoms with van der Waals surface area (Å²) in [5.41, 5.74) is 0. The molecular weight excluding hydrogens is 268 g/mol. The Balaban J connectivity index is 1.94. The van der Waals surface area contributed by atoms with Crippen molar-refractivity contribution in [3.8, 4) is 0 Å². The van der Waals surface area contributed by atoms with Gasteiger partial charge in [-0.2, -0.15) is 0 Å². The van der Waals surface area contributed by atoms with E-state index in [1.165, 1.54) is 7.11 Å². The topological polar surface area (TPSA) is 49.9 Å². The summed E-state index contributed by atoms with van der Waals surface area (Å²) in [5, 5.41) is 0. The van der Waals surface area contributed by atoms with Crippen LogP contribution in [0.5, 0.6) is 0 Å². The maximum Gasteiger partial charge on any atom is 0.309 e. The second-order valence-corrected chi connectivity index (χ2v) is 6.19. The third-order valence-electron chi connectivity index (χ3n) is 4.78. The minimum absolute atomic E-state index is 0.157. The number of carbonyl (C=O) groups is 2. The van der Waals surface area contributed by atoms with Crippen LogP contribution >= 0.6 is 0 Å². The molecule has 1 aliphatic heterocycles. The first-order valence-corrected chi connectivity index (χ1v) is 8.26. The van der Waals surface area contributed by atoms with E-state index >= 15 is 0 Å². The van der Waals surface area contributed by atoms with Crippen LogP contribution < -0.4 is 0 Å². The number of hydrogen-bond donors (Lipinski definition) is 0. The van der Waals surface area contributed by atoms with Gasteiger partial charge in [0.1, 0.15) is 0 Å². The van der Waals surface area contributed by atoms with Crippen LogP contribution in [-0.2, 0) is 14.3 Å². The van der Waals surface area contributed by atoms with Gasteiger partial charge in [0.05, 0.1) is 18.9 Å². The molecule has 5 nitrogen and oxygen atoms in total. The molecule has 1 heterocycles. The lowest BCUT2D eigenvalue weighted by molar-refractivity contribution is -0.151. The van der Waals surface area contributed by atoms with E-state index < -0.39 is 0 Å². The van der Waals surface area contributed by atoms with Crippen LogP contribution in [0, 0.1) is 11.8 Å². The van der Waals surface area contributed by atoms with E-state index in [0.717, 1.165) is 64.8 Å². The number of nitrogens with zero attached hydrogens (tertiary/aromatic N) is 2. The van der Waals surface area contributed by atoms with Crippen molar-refractivity contribution in [2.45, 2.75) is 39.0 Å². The highest BCUT2D eigenvalue weighted by Gasteiger charge is 2.40. The summed E-state index contributed by atoms with van der Waals surface area (Å²) in [6.45, 7) is 6.94. The van der Waals surface area contributed by atoms with Crippen LogP contribution in [-0.4, -0.2) is 61.5 Å². The first-order chi connectivity index (χ1) is 10.2. The molecule has 0 bridgehead atoms. The van der Waals surface area contributed by atoms with Gasteiger partial charge >= 0.3 is 5.97 Å². The van der Waals surface area contributed by atoms with Crippen molar-refractivity contribution in [2.24, 2.45) is 11.8 Å². The summed E-state index contributed by atoms with van der Waals surface area (Å²) in [6, 6.07) is 0. The van der Waals surface area contributed by atoms with Crippen LogP contribution in [0.4, 0.5) is 0 Å². The van der Waals surface area contributed by atoms with Crippen molar-refractivity contribution in [1.82, 2.24) is 9.80 Å². The lowest BCUT2D eigenvalue weighted by Gasteiger charge is -2.26. The summed E-state index contributed by atoms with van der Waals surface area (Å²) in [7, 11) is 1.41. The van der Waals surface area contributed by atoms with Crippen molar-refractivity contribution >= 4 is 11.9 Å². The fourth-order valence-electron chi connectivity index (χ4n) is 3.65. The zero-order chi connectivity index (χ0) is 15.2. The fourth-order valence-corrected chi connectivity index (χ4v) is 3.65. The van der Waals surface area contributed by atoms with Crippen LogP contribution in [0.15, 0.2) is 0 Å². The molecule has 0 N–H and O–H groups in total. The lowest BCUT2D eigenvalue weighted by Crippen LogP contribution is -2.41. The minimum atomic E-state index is -0.225. The monoisotopic (exact) mass is 296 g/mol. The SMILES string of the molecule is CCCN1CCCN(C(=O)[C@@H]2CCC[C@H]2C(=O)OC)CC1. The molecule has 0 unspecified atom stereocenters. The third-order valence-corrected chi connectivity index (χ3v) is 4.78. The Kier molecular flexibility index (Phi) is 6.03. The number of amides is 1. The van der Waals surface area contributed by atoms with Crippen LogP contribution in [0.1, 0.15) is 39.0 Å². The second kappa shape index (κ2) is 7.78. The Morgan fingerprint density at radius 1 is 1.05 bits per heavy atom. The minimum Gasteiger partial charge on any atom is -0.469 e. The number of hydrogen-bond acceptors (Lipinski definition) is 4. The average molecular weight is 296 g/mol. The Labute approximate surface area is 127 Å². The van der Waals surface area contributed by atoms with Crippen molar-refractivity contribution in [3.05, 3.63) is 0 Å². The molecule has 5 heteroatoms. The molecule has 2 atom stereocenters. The molecule has 0 spiro atoms. The van der Waals surface area contributed by atoms with Crippen molar-refractivity contribution in [1.29, 1.82) is 0 Å². The number of carbonyl (C=O) groups excluding carboxylic acids is 2. The summed E-state index contributed by atoms with van der Waals surface area (Å²) < 4.78 is 4.86. The van der Waals surface area contributed by atoms with E-state index in [2.05, 4.69) is 11.8 Å². The smallest absolute Gasteiger partial charge is 0.309 e.